The first kappa shape index (κ1) is 13.2. The summed E-state index contributed by atoms with van der Waals surface area (Å²) in [5, 5.41) is 2.86. The number of rotatable bonds is 2. The first-order valence-corrected chi connectivity index (χ1v) is 7.58. The predicted octanol–water partition coefficient (Wildman–Crippen LogP) is 4.08. The van der Waals surface area contributed by atoms with Gasteiger partial charge in [0.2, 0.25) is 5.91 Å². The molecule has 20 heavy (non-hydrogen) atoms. The Hall–Kier alpha value is -1.81. The molecule has 3 rings (SSSR count). The van der Waals surface area contributed by atoms with Crippen LogP contribution in [0.5, 0.6) is 0 Å². The van der Waals surface area contributed by atoms with Crippen molar-refractivity contribution in [1.82, 2.24) is 0 Å². The third-order valence-corrected chi connectivity index (χ3v) is 4.25. The summed E-state index contributed by atoms with van der Waals surface area (Å²) in [6.07, 6.45) is 2.69. The third-order valence-electron chi connectivity index (χ3n) is 3.47. The quantitative estimate of drug-likeness (QED) is 0.720. The molecule has 0 radical (unpaired) electrons. The molecule has 2 aromatic carbocycles. The van der Waals surface area contributed by atoms with Gasteiger partial charge in [-0.25, -0.2) is 4.39 Å². The third kappa shape index (κ3) is 2.20. The van der Waals surface area contributed by atoms with E-state index < -0.39 is 0 Å². The zero-order valence-electron chi connectivity index (χ0n) is 11.3. The number of benzene rings is 2. The second kappa shape index (κ2) is 4.94. The van der Waals surface area contributed by atoms with Crippen LogP contribution in [0.1, 0.15) is 18.1 Å². The lowest BCUT2D eigenvalue weighted by molar-refractivity contribution is -0.114. The van der Waals surface area contributed by atoms with Crippen LogP contribution in [0.15, 0.2) is 35.2 Å². The molecular weight excluding hydrogens is 273 g/mol. The molecule has 0 aromatic heterocycles. The zero-order chi connectivity index (χ0) is 14.3. The summed E-state index contributed by atoms with van der Waals surface area (Å²) in [6.45, 7) is 1.50. The number of thioether (sulfide) groups is 1. The van der Waals surface area contributed by atoms with Gasteiger partial charge in [-0.3, -0.25) is 4.79 Å². The van der Waals surface area contributed by atoms with Gasteiger partial charge in [0.05, 0.1) is 5.69 Å². The Kier molecular flexibility index (Phi) is 3.26. The SMILES string of the molecule is CSc1cc2c(cc1NC(C)=O)Cc1cc(F)ccc1-2. The summed E-state index contributed by atoms with van der Waals surface area (Å²) in [6, 6.07) is 8.99. The van der Waals surface area contributed by atoms with E-state index in [1.54, 1.807) is 17.8 Å². The van der Waals surface area contributed by atoms with Gasteiger partial charge in [0, 0.05) is 11.8 Å². The second-order valence-corrected chi connectivity index (χ2v) is 5.72. The molecule has 0 fully saturated rings. The molecule has 2 aromatic rings. The Balaban J connectivity index is 2.12. The van der Waals surface area contributed by atoms with Crippen molar-refractivity contribution in [3.63, 3.8) is 0 Å². The van der Waals surface area contributed by atoms with E-state index in [2.05, 4.69) is 11.4 Å². The van der Waals surface area contributed by atoms with Gasteiger partial charge in [-0.05, 0) is 59.2 Å². The fourth-order valence-corrected chi connectivity index (χ4v) is 3.22. The van der Waals surface area contributed by atoms with Gasteiger partial charge in [0.25, 0.3) is 0 Å². The van der Waals surface area contributed by atoms with Gasteiger partial charge in [-0.2, -0.15) is 0 Å². The molecule has 1 N–H and O–H groups in total. The van der Waals surface area contributed by atoms with Gasteiger partial charge >= 0.3 is 0 Å². The number of amides is 1. The summed E-state index contributed by atoms with van der Waals surface area (Å²) < 4.78 is 13.3. The summed E-state index contributed by atoms with van der Waals surface area (Å²) in [4.78, 5) is 12.3. The van der Waals surface area contributed by atoms with E-state index in [0.29, 0.717) is 6.42 Å². The number of nitrogens with one attached hydrogen (secondary N) is 1. The van der Waals surface area contributed by atoms with Crippen molar-refractivity contribution in [3.05, 3.63) is 47.3 Å². The van der Waals surface area contributed by atoms with Crippen LogP contribution in [0.3, 0.4) is 0 Å². The summed E-state index contributed by atoms with van der Waals surface area (Å²) >= 11 is 1.59. The molecule has 4 heteroatoms. The smallest absolute Gasteiger partial charge is 0.221 e. The van der Waals surface area contributed by atoms with Crippen molar-refractivity contribution in [2.75, 3.05) is 11.6 Å². The number of carbonyl (C=O) groups is 1. The average molecular weight is 287 g/mol. The molecule has 1 aliphatic rings. The fraction of sp³-hybridized carbons (Fsp3) is 0.188. The van der Waals surface area contributed by atoms with E-state index >= 15 is 0 Å². The minimum absolute atomic E-state index is 0.0817. The largest absolute Gasteiger partial charge is 0.325 e. The molecule has 0 saturated carbocycles. The number of carbonyl (C=O) groups excluding carboxylic acids is 1. The first-order valence-electron chi connectivity index (χ1n) is 6.36. The van der Waals surface area contributed by atoms with E-state index in [-0.39, 0.29) is 11.7 Å². The van der Waals surface area contributed by atoms with Crippen LogP contribution in [0.4, 0.5) is 10.1 Å². The van der Waals surface area contributed by atoms with Crippen LogP contribution in [0.2, 0.25) is 0 Å². The van der Waals surface area contributed by atoms with Crippen LogP contribution >= 0.6 is 11.8 Å². The van der Waals surface area contributed by atoms with E-state index in [1.165, 1.54) is 13.0 Å². The number of anilines is 1. The van der Waals surface area contributed by atoms with Crippen LogP contribution in [0, 0.1) is 5.82 Å². The monoisotopic (exact) mass is 287 g/mol. The van der Waals surface area contributed by atoms with Gasteiger partial charge < -0.3 is 5.32 Å². The molecule has 0 aliphatic heterocycles. The number of hydrogen-bond acceptors (Lipinski definition) is 2. The summed E-state index contributed by atoms with van der Waals surface area (Å²) in [7, 11) is 0. The van der Waals surface area contributed by atoms with Crippen LogP contribution < -0.4 is 5.32 Å². The number of halogens is 1. The summed E-state index contributed by atoms with van der Waals surface area (Å²) in [5.74, 6) is -0.287. The van der Waals surface area contributed by atoms with Crippen molar-refractivity contribution >= 4 is 23.4 Å². The van der Waals surface area contributed by atoms with Gasteiger partial charge in [-0.15, -0.1) is 11.8 Å². The minimum atomic E-state index is -0.205. The second-order valence-electron chi connectivity index (χ2n) is 4.87. The molecule has 0 atom stereocenters. The molecular formula is C16H14FNOS. The molecule has 0 heterocycles. The molecule has 0 saturated heterocycles. The lowest BCUT2D eigenvalue weighted by Crippen LogP contribution is -2.07. The van der Waals surface area contributed by atoms with Crippen LogP contribution in [-0.2, 0) is 11.2 Å². The van der Waals surface area contributed by atoms with Crippen molar-refractivity contribution < 1.29 is 9.18 Å². The van der Waals surface area contributed by atoms with Gasteiger partial charge in [-0.1, -0.05) is 6.07 Å². The van der Waals surface area contributed by atoms with E-state index in [0.717, 1.165) is 32.8 Å². The first-order chi connectivity index (χ1) is 9.58. The van der Waals surface area contributed by atoms with E-state index in [1.807, 2.05) is 18.4 Å². The molecule has 2 nitrogen and oxygen atoms in total. The highest BCUT2D eigenvalue weighted by molar-refractivity contribution is 7.98. The molecule has 0 bridgehead atoms. The zero-order valence-corrected chi connectivity index (χ0v) is 12.1. The molecule has 0 unspecified atom stereocenters. The van der Waals surface area contributed by atoms with Crippen molar-refractivity contribution in [3.8, 4) is 11.1 Å². The highest BCUT2D eigenvalue weighted by Gasteiger charge is 2.21. The van der Waals surface area contributed by atoms with Crippen molar-refractivity contribution in [2.45, 2.75) is 18.2 Å². The summed E-state index contributed by atoms with van der Waals surface area (Å²) in [5.41, 5.74) is 5.20. The average Bonchev–Trinajstić information content (AvgIpc) is 2.73. The highest BCUT2D eigenvalue weighted by Crippen LogP contribution is 2.41. The topological polar surface area (TPSA) is 29.1 Å². The maximum atomic E-state index is 13.3. The van der Waals surface area contributed by atoms with E-state index in [9.17, 15) is 9.18 Å². The van der Waals surface area contributed by atoms with Crippen LogP contribution in [0.25, 0.3) is 11.1 Å². The maximum Gasteiger partial charge on any atom is 0.221 e. The normalized spacial score (nSPS) is 11.9. The lowest BCUT2D eigenvalue weighted by Gasteiger charge is -2.11. The fourth-order valence-electron chi connectivity index (χ4n) is 2.65. The van der Waals surface area contributed by atoms with E-state index in [4.69, 9.17) is 0 Å². The Morgan fingerprint density at radius 2 is 1.95 bits per heavy atom. The van der Waals surface area contributed by atoms with Gasteiger partial charge in [0.1, 0.15) is 5.82 Å². The van der Waals surface area contributed by atoms with Crippen LogP contribution in [-0.4, -0.2) is 12.2 Å². The maximum absolute atomic E-state index is 13.3. The number of hydrogen-bond donors (Lipinski definition) is 1. The molecule has 1 amide bonds. The number of fused-ring (bicyclic) bond motifs is 3. The Morgan fingerprint density at radius 1 is 1.20 bits per heavy atom. The molecule has 1 aliphatic carbocycles. The highest BCUT2D eigenvalue weighted by atomic mass is 32.2. The molecule has 0 spiro atoms. The predicted molar refractivity (Wildman–Crippen MR) is 80.7 cm³/mol. The van der Waals surface area contributed by atoms with Gasteiger partial charge in [0.15, 0.2) is 0 Å². The minimum Gasteiger partial charge on any atom is -0.325 e. The van der Waals surface area contributed by atoms with Crippen molar-refractivity contribution in [1.29, 1.82) is 0 Å². The molecule has 102 valence electrons. The Morgan fingerprint density at radius 3 is 2.65 bits per heavy atom. The Bertz CT molecular complexity index is 712. The lowest BCUT2D eigenvalue weighted by atomic mass is 10.1. The Labute approximate surface area is 121 Å². The van der Waals surface area contributed by atoms with Crippen molar-refractivity contribution in [2.24, 2.45) is 0 Å². The standard InChI is InChI=1S/C16H14FNOS/c1-9(19)18-15-7-11-5-10-6-12(17)3-4-13(10)14(11)8-16(15)20-2/h3-4,6-8H,5H2,1-2H3,(H,18,19).